The second-order valence-corrected chi connectivity index (χ2v) is 9.40. The van der Waals surface area contributed by atoms with E-state index in [2.05, 4.69) is 69.3 Å². The van der Waals surface area contributed by atoms with Gasteiger partial charge in [0, 0.05) is 6.42 Å². The maximum Gasteiger partial charge on any atom is 0.130 e. The van der Waals surface area contributed by atoms with Crippen LogP contribution in [-0.4, -0.2) is 0 Å². The number of hydrogen-bond donors (Lipinski definition) is 0. The molecule has 3 aromatic rings. The lowest BCUT2D eigenvalue weighted by Gasteiger charge is -2.20. The van der Waals surface area contributed by atoms with Crippen molar-refractivity contribution in [3.8, 4) is 11.1 Å². The Morgan fingerprint density at radius 3 is 2.36 bits per heavy atom. The Kier molecular flexibility index (Phi) is 3.91. The van der Waals surface area contributed by atoms with Crippen molar-refractivity contribution in [3.05, 3.63) is 81.8 Å². The lowest BCUT2D eigenvalue weighted by Crippen LogP contribution is -2.10. The van der Waals surface area contributed by atoms with E-state index in [0.29, 0.717) is 0 Å². The van der Waals surface area contributed by atoms with Crippen molar-refractivity contribution >= 4 is 11.6 Å². The molecule has 1 heterocycles. The smallest absolute Gasteiger partial charge is 0.130 e. The minimum Gasteiger partial charge on any atom is -0.462 e. The Morgan fingerprint density at radius 2 is 1.68 bits per heavy atom. The molecule has 0 amide bonds. The fraction of sp³-hybridized carbons (Fsp3) is 0.333. The van der Waals surface area contributed by atoms with Gasteiger partial charge in [0.2, 0.25) is 0 Å². The Morgan fingerprint density at radius 1 is 0.893 bits per heavy atom. The Hall–Kier alpha value is -2.54. The molecule has 0 spiro atoms. The summed E-state index contributed by atoms with van der Waals surface area (Å²) in [5, 5.41) is 0. The maximum absolute atomic E-state index is 5.93. The lowest BCUT2D eigenvalue weighted by molar-refractivity contribution is 0.521. The molecule has 0 unspecified atom stereocenters. The number of fused-ring (bicyclic) bond motifs is 2. The molecule has 5 rings (SSSR count). The quantitative estimate of drug-likeness (QED) is 0.468. The Balaban J connectivity index is 1.65. The van der Waals surface area contributed by atoms with Crippen LogP contribution in [-0.2, 0) is 24.7 Å². The highest BCUT2D eigenvalue weighted by atomic mass is 16.3. The lowest BCUT2D eigenvalue weighted by atomic mass is 9.84. The van der Waals surface area contributed by atoms with Crippen LogP contribution in [0.15, 0.2) is 46.9 Å². The van der Waals surface area contributed by atoms with Gasteiger partial charge >= 0.3 is 0 Å². The van der Waals surface area contributed by atoms with E-state index in [1.54, 1.807) is 11.1 Å². The van der Waals surface area contributed by atoms with E-state index in [-0.39, 0.29) is 5.41 Å². The van der Waals surface area contributed by atoms with Crippen LogP contribution < -0.4 is 0 Å². The highest BCUT2D eigenvalue weighted by Gasteiger charge is 2.26. The SMILES string of the molecule is Cc1ccc(C2=Cc3c(cc4c(c3-c3ccc(C(C)(C)C)cc3)CCC4)C2)o1. The van der Waals surface area contributed by atoms with Crippen LogP contribution in [0.1, 0.15) is 66.5 Å². The van der Waals surface area contributed by atoms with Gasteiger partial charge in [-0.25, -0.2) is 0 Å². The van der Waals surface area contributed by atoms with Crippen molar-refractivity contribution < 1.29 is 4.42 Å². The first-order valence-corrected chi connectivity index (χ1v) is 10.5. The Labute approximate surface area is 168 Å². The molecular formula is C27H28O. The molecule has 2 aliphatic rings. The first-order valence-electron chi connectivity index (χ1n) is 10.5. The van der Waals surface area contributed by atoms with Crippen LogP contribution >= 0.6 is 0 Å². The van der Waals surface area contributed by atoms with E-state index >= 15 is 0 Å². The van der Waals surface area contributed by atoms with Gasteiger partial charge in [-0.15, -0.1) is 0 Å². The Bertz CT molecular complexity index is 1080. The third-order valence-corrected chi connectivity index (χ3v) is 6.32. The monoisotopic (exact) mass is 368 g/mol. The molecule has 0 radical (unpaired) electrons. The molecule has 142 valence electrons. The van der Waals surface area contributed by atoms with Gasteiger partial charge in [0.15, 0.2) is 0 Å². The van der Waals surface area contributed by atoms with Gasteiger partial charge in [0.25, 0.3) is 0 Å². The number of allylic oxidation sites excluding steroid dienone is 1. The topological polar surface area (TPSA) is 13.1 Å². The summed E-state index contributed by atoms with van der Waals surface area (Å²) in [6, 6.07) is 15.9. The molecule has 2 aliphatic carbocycles. The minimum absolute atomic E-state index is 0.184. The van der Waals surface area contributed by atoms with Gasteiger partial charge in [-0.05, 0) is 94.3 Å². The van der Waals surface area contributed by atoms with E-state index in [1.807, 2.05) is 6.92 Å². The molecule has 0 saturated heterocycles. The summed E-state index contributed by atoms with van der Waals surface area (Å²) in [5.41, 5.74) is 11.7. The summed E-state index contributed by atoms with van der Waals surface area (Å²) in [5.74, 6) is 2.00. The second-order valence-electron chi connectivity index (χ2n) is 9.40. The van der Waals surface area contributed by atoms with Crippen molar-refractivity contribution in [3.63, 3.8) is 0 Å². The molecule has 0 saturated carbocycles. The van der Waals surface area contributed by atoms with Crippen LogP contribution in [0.3, 0.4) is 0 Å². The average molecular weight is 369 g/mol. The number of furan rings is 1. The molecule has 0 fully saturated rings. The standard InChI is InChI=1S/C27H28O/c1-17-8-13-25(28-17)21-15-20-14-19-6-5-7-23(19)26(24(20)16-21)18-9-11-22(12-10-18)27(2,3)4/h8-14,16H,5-7,15H2,1-4H3. The van der Waals surface area contributed by atoms with E-state index in [9.17, 15) is 0 Å². The van der Waals surface area contributed by atoms with Gasteiger partial charge in [0.1, 0.15) is 11.5 Å². The third kappa shape index (κ3) is 2.85. The van der Waals surface area contributed by atoms with Crippen molar-refractivity contribution in [2.24, 2.45) is 0 Å². The molecule has 0 aliphatic heterocycles. The predicted molar refractivity (Wildman–Crippen MR) is 118 cm³/mol. The van der Waals surface area contributed by atoms with Gasteiger partial charge in [-0.1, -0.05) is 51.1 Å². The largest absolute Gasteiger partial charge is 0.462 e. The summed E-state index contributed by atoms with van der Waals surface area (Å²) >= 11 is 0. The molecule has 2 aromatic carbocycles. The average Bonchev–Trinajstić information content (AvgIpc) is 3.37. The third-order valence-electron chi connectivity index (χ3n) is 6.32. The van der Waals surface area contributed by atoms with Crippen LogP contribution in [0.2, 0.25) is 0 Å². The first kappa shape index (κ1) is 17.6. The molecule has 28 heavy (non-hydrogen) atoms. The van der Waals surface area contributed by atoms with Crippen LogP contribution in [0.5, 0.6) is 0 Å². The second kappa shape index (κ2) is 6.24. The number of rotatable bonds is 2. The molecular weight excluding hydrogens is 340 g/mol. The zero-order chi connectivity index (χ0) is 19.5. The highest BCUT2D eigenvalue weighted by Crippen LogP contribution is 2.44. The number of benzene rings is 2. The fourth-order valence-electron chi connectivity index (χ4n) is 4.80. The van der Waals surface area contributed by atoms with E-state index < -0.39 is 0 Å². The maximum atomic E-state index is 5.93. The molecule has 1 nitrogen and oxygen atoms in total. The first-order chi connectivity index (χ1) is 13.4. The van der Waals surface area contributed by atoms with E-state index in [1.165, 1.54) is 52.7 Å². The zero-order valence-electron chi connectivity index (χ0n) is 17.4. The highest BCUT2D eigenvalue weighted by molar-refractivity contribution is 5.94. The zero-order valence-corrected chi connectivity index (χ0v) is 17.4. The van der Waals surface area contributed by atoms with Crippen molar-refractivity contribution in [2.75, 3.05) is 0 Å². The molecule has 0 N–H and O–H groups in total. The van der Waals surface area contributed by atoms with Gasteiger partial charge in [-0.3, -0.25) is 0 Å². The van der Waals surface area contributed by atoms with Gasteiger partial charge < -0.3 is 4.42 Å². The van der Waals surface area contributed by atoms with Crippen molar-refractivity contribution in [2.45, 2.75) is 58.8 Å². The summed E-state index contributed by atoms with van der Waals surface area (Å²) < 4.78 is 5.93. The summed E-state index contributed by atoms with van der Waals surface area (Å²) in [4.78, 5) is 0. The molecule has 0 atom stereocenters. The van der Waals surface area contributed by atoms with E-state index in [0.717, 1.165) is 17.9 Å². The summed E-state index contributed by atoms with van der Waals surface area (Å²) in [6.07, 6.45) is 7.04. The van der Waals surface area contributed by atoms with Crippen molar-refractivity contribution in [1.82, 2.24) is 0 Å². The van der Waals surface area contributed by atoms with Crippen LogP contribution in [0, 0.1) is 6.92 Å². The molecule has 1 heteroatoms. The van der Waals surface area contributed by atoms with E-state index in [4.69, 9.17) is 4.42 Å². The summed E-state index contributed by atoms with van der Waals surface area (Å²) in [6.45, 7) is 8.85. The molecule has 1 aromatic heterocycles. The fourth-order valence-corrected chi connectivity index (χ4v) is 4.80. The van der Waals surface area contributed by atoms with Gasteiger partial charge in [0.05, 0.1) is 0 Å². The van der Waals surface area contributed by atoms with Crippen LogP contribution in [0.4, 0.5) is 0 Å². The van der Waals surface area contributed by atoms with Crippen molar-refractivity contribution in [1.29, 1.82) is 0 Å². The van der Waals surface area contributed by atoms with Crippen LogP contribution in [0.25, 0.3) is 22.8 Å². The minimum atomic E-state index is 0.184. The normalized spacial score (nSPS) is 15.5. The summed E-state index contributed by atoms with van der Waals surface area (Å²) in [7, 11) is 0. The van der Waals surface area contributed by atoms with Gasteiger partial charge in [-0.2, -0.15) is 0 Å². The molecule has 0 bridgehead atoms. The number of hydrogen-bond acceptors (Lipinski definition) is 1. The predicted octanol–water partition coefficient (Wildman–Crippen LogP) is 7.14. The number of aryl methyl sites for hydroxylation is 2.